The van der Waals surface area contributed by atoms with Crippen LogP contribution in [0, 0.1) is 0 Å². The molecule has 0 aliphatic heterocycles. The topological polar surface area (TPSA) is 20.2 Å². The number of fused-ring (bicyclic) bond motifs is 6. The van der Waals surface area contributed by atoms with E-state index < -0.39 is 0 Å². The highest BCUT2D eigenvalue weighted by molar-refractivity contribution is 5.86. The monoisotopic (exact) mass is 430 g/mol. The minimum atomic E-state index is -0.0572. The summed E-state index contributed by atoms with van der Waals surface area (Å²) in [5, 5.41) is 9.40. The normalized spacial score (nSPS) is 16.2. The Morgan fingerprint density at radius 1 is 0.545 bits per heavy atom. The van der Waals surface area contributed by atoms with E-state index in [-0.39, 0.29) is 17.4 Å². The average Bonchev–Trinajstić information content (AvgIpc) is 3.19. The maximum absolute atomic E-state index is 9.40. The molecule has 0 saturated carbocycles. The molecule has 0 spiro atoms. The Morgan fingerprint density at radius 3 is 1.64 bits per heavy atom. The van der Waals surface area contributed by atoms with Gasteiger partial charge in [-0.25, -0.2) is 0 Å². The van der Waals surface area contributed by atoms with Crippen LogP contribution in [0.5, 0.6) is 0 Å². The van der Waals surface area contributed by atoms with E-state index in [9.17, 15) is 5.11 Å². The van der Waals surface area contributed by atoms with Gasteiger partial charge in [-0.1, -0.05) is 94.4 Å². The molecule has 0 unspecified atom stereocenters. The highest BCUT2D eigenvalue weighted by atomic mass is 16.2. The number of hydrogen-bond acceptors (Lipinski definition) is 1. The zero-order chi connectivity index (χ0) is 23.0. The van der Waals surface area contributed by atoms with Gasteiger partial charge in [-0.3, -0.25) is 0 Å². The summed E-state index contributed by atoms with van der Waals surface area (Å²) in [6.07, 6.45) is 0.707. The van der Waals surface area contributed by atoms with Crippen LogP contribution in [0.15, 0.2) is 78.9 Å². The quantitative estimate of drug-likeness (QED) is 0.357. The molecule has 0 amide bonds. The van der Waals surface area contributed by atoms with Crippen molar-refractivity contribution in [2.75, 3.05) is 6.61 Å². The first kappa shape index (κ1) is 20.4. The Morgan fingerprint density at radius 2 is 1.03 bits per heavy atom. The summed E-state index contributed by atoms with van der Waals surface area (Å²) < 4.78 is 0. The minimum absolute atomic E-state index is 0.0112. The molecule has 6 rings (SSSR count). The van der Waals surface area contributed by atoms with Crippen LogP contribution in [0.3, 0.4) is 0 Å². The van der Waals surface area contributed by atoms with Crippen molar-refractivity contribution in [3.8, 4) is 33.4 Å². The number of aliphatic hydroxyl groups excluding tert-OH is 1. The van der Waals surface area contributed by atoms with Gasteiger partial charge >= 0.3 is 0 Å². The second-order valence-corrected chi connectivity index (χ2v) is 10.7. The molecule has 0 aromatic heterocycles. The lowest BCUT2D eigenvalue weighted by Crippen LogP contribution is -2.15. The summed E-state index contributed by atoms with van der Waals surface area (Å²) in [5.41, 5.74) is 14.7. The fourth-order valence-corrected chi connectivity index (χ4v) is 6.13. The van der Waals surface area contributed by atoms with Crippen LogP contribution in [0.4, 0.5) is 0 Å². The van der Waals surface area contributed by atoms with Gasteiger partial charge in [0.2, 0.25) is 0 Å². The Balaban J connectivity index is 1.45. The van der Waals surface area contributed by atoms with Crippen LogP contribution < -0.4 is 0 Å². The molecule has 1 nitrogen and oxygen atoms in total. The van der Waals surface area contributed by atoms with Crippen molar-refractivity contribution in [2.24, 2.45) is 0 Å². The van der Waals surface area contributed by atoms with E-state index in [4.69, 9.17) is 0 Å². The number of rotatable bonds is 3. The Labute approximate surface area is 196 Å². The SMILES string of the molecule is CC1(C)c2ccccc2-c2ccc(-c3ccc4c(c3)C(C)(C)c3cc(CCO)ccc3-4)cc21. The summed E-state index contributed by atoms with van der Waals surface area (Å²) in [7, 11) is 0. The molecule has 2 aliphatic rings. The summed E-state index contributed by atoms with van der Waals surface area (Å²) in [5.74, 6) is 0. The number of hydrogen-bond donors (Lipinski definition) is 1. The molecule has 0 heterocycles. The smallest absolute Gasteiger partial charge is 0.0471 e. The molecule has 164 valence electrons. The van der Waals surface area contributed by atoms with Gasteiger partial charge in [0.15, 0.2) is 0 Å². The van der Waals surface area contributed by atoms with Crippen molar-refractivity contribution in [1.29, 1.82) is 0 Å². The van der Waals surface area contributed by atoms with Crippen molar-refractivity contribution in [2.45, 2.75) is 44.9 Å². The molecule has 1 heteroatoms. The van der Waals surface area contributed by atoms with E-state index >= 15 is 0 Å². The summed E-state index contributed by atoms with van der Waals surface area (Å²) in [4.78, 5) is 0. The lowest BCUT2D eigenvalue weighted by molar-refractivity contribution is 0.299. The van der Waals surface area contributed by atoms with Crippen molar-refractivity contribution in [1.82, 2.24) is 0 Å². The minimum Gasteiger partial charge on any atom is -0.396 e. The predicted octanol–water partition coefficient (Wildman–Crippen LogP) is 7.50. The molecule has 0 atom stereocenters. The van der Waals surface area contributed by atoms with Crippen molar-refractivity contribution >= 4 is 0 Å². The van der Waals surface area contributed by atoms with Crippen molar-refractivity contribution in [3.05, 3.63) is 107 Å². The standard InChI is InChI=1S/C32H30O/c1-31(2)27-8-6-5-7-23(27)25-13-10-21(18-29(25)31)22-11-14-26-24-12-9-20(15-16-33)17-28(24)32(3,4)30(26)19-22/h5-14,17-19,33H,15-16H2,1-4H3. The second kappa shape index (κ2) is 6.92. The molecule has 0 saturated heterocycles. The van der Waals surface area contributed by atoms with Gasteiger partial charge in [0, 0.05) is 17.4 Å². The van der Waals surface area contributed by atoms with Gasteiger partial charge in [-0.05, 0) is 79.8 Å². The van der Waals surface area contributed by atoms with E-state index in [0.29, 0.717) is 6.42 Å². The number of benzene rings is 4. The molecular formula is C32H30O. The van der Waals surface area contributed by atoms with Crippen LogP contribution in [0.25, 0.3) is 33.4 Å². The fourth-order valence-electron chi connectivity index (χ4n) is 6.13. The molecule has 2 aliphatic carbocycles. The molecule has 4 aromatic rings. The van der Waals surface area contributed by atoms with E-state index in [0.717, 1.165) is 0 Å². The molecular weight excluding hydrogens is 400 g/mol. The first-order chi connectivity index (χ1) is 15.8. The van der Waals surface area contributed by atoms with Gasteiger partial charge in [0.25, 0.3) is 0 Å². The van der Waals surface area contributed by atoms with Gasteiger partial charge < -0.3 is 5.11 Å². The maximum Gasteiger partial charge on any atom is 0.0471 e. The van der Waals surface area contributed by atoms with Gasteiger partial charge in [-0.15, -0.1) is 0 Å². The summed E-state index contributed by atoms with van der Waals surface area (Å²) in [6, 6.07) is 29.5. The van der Waals surface area contributed by atoms with Crippen molar-refractivity contribution < 1.29 is 5.11 Å². The van der Waals surface area contributed by atoms with Crippen LogP contribution in [-0.4, -0.2) is 11.7 Å². The predicted molar refractivity (Wildman–Crippen MR) is 138 cm³/mol. The van der Waals surface area contributed by atoms with Crippen LogP contribution in [0.2, 0.25) is 0 Å². The van der Waals surface area contributed by atoms with Gasteiger partial charge in [0.05, 0.1) is 0 Å². The first-order valence-corrected chi connectivity index (χ1v) is 12.0. The highest BCUT2D eigenvalue weighted by Crippen LogP contribution is 2.52. The fraction of sp³-hybridized carbons (Fsp3) is 0.250. The van der Waals surface area contributed by atoms with E-state index in [1.165, 1.54) is 61.2 Å². The Hall–Kier alpha value is -3.16. The molecule has 0 fully saturated rings. The third kappa shape index (κ3) is 2.82. The molecule has 4 aromatic carbocycles. The molecule has 1 N–H and O–H groups in total. The van der Waals surface area contributed by atoms with E-state index in [1.54, 1.807) is 0 Å². The lowest BCUT2D eigenvalue weighted by atomic mass is 9.80. The van der Waals surface area contributed by atoms with E-state index in [1.807, 2.05) is 0 Å². The van der Waals surface area contributed by atoms with Crippen LogP contribution in [-0.2, 0) is 17.3 Å². The van der Waals surface area contributed by atoms with E-state index in [2.05, 4.69) is 107 Å². The maximum atomic E-state index is 9.40. The second-order valence-electron chi connectivity index (χ2n) is 10.7. The first-order valence-electron chi connectivity index (χ1n) is 12.0. The lowest BCUT2D eigenvalue weighted by Gasteiger charge is -2.23. The molecule has 33 heavy (non-hydrogen) atoms. The third-order valence-corrected chi connectivity index (χ3v) is 8.06. The van der Waals surface area contributed by atoms with Gasteiger partial charge in [-0.2, -0.15) is 0 Å². The van der Waals surface area contributed by atoms with Crippen LogP contribution in [0.1, 0.15) is 55.5 Å². The van der Waals surface area contributed by atoms with Gasteiger partial charge in [0.1, 0.15) is 0 Å². The van der Waals surface area contributed by atoms with Crippen LogP contribution >= 0.6 is 0 Å². The number of aliphatic hydroxyl groups is 1. The Kier molecular flexibility index (Phi) is 4.29. The van der Waals surface area contributed by atoms with Crippen molar-refractivity contribution in [3.63, 3.8) is 0 Å². The zero-order valence-corrected chi connectivity index (χ0v) is 19.9. The Bertz CT molecular complexity index is 1420. The summed E-state index contributed by atoms with van der Waals surface area (Å²) in [6.45, 7) is 9.52. The summed E-state index contributed by atoms with van der Waals surface area (Å²) >= 11 is 0. The largest absolute Gasteiger partial charge is 0.396 e. The molecule has 0 radical (unpaired) electrons. The highest BCUT2D eigenvalue weighted by Gasteiger charge is 2.37. The average molecular weight is 431 g/mol. The zero-order valence-electron chi connectivity index (χ0n) is 19.9. The molecule has 0 bridgehead atoms. The third-order valence-electron chi connectivity index (χ3n) is 8.06.